The summed E-state index contributed by atoms with van der Waals surface area (Å²) in [5, 5.41) is 9.28. The molecule has 0 spiro atoms. The van der Waals surface area contributed by atoms with Gasteiger partial charge >= 0.3 is 0 Å². The number of nitrogens with two attached hydrogens (primary N) is 1. The van der Waals surface area contributed by atoms with Crippen LogP contribution in [0.4, 0.5) is 4.39 Å². The van der Waals surface area contributed by atoms with E-state index in [2.05, 4.69) is 15.9 Å². The lowest BCUT2D eigenvalue weighted by molar-refractivity contribution is -0.133. The van der Waals surface area contributed by atoms with Crippen molar-refractivity contribution in [2.45, 2.75) is 68.7 Å². The highest BCUT2D eigenvalue weighted by atomic mass is 19.1. The Bertz CT molecular complexity index is 851. The Morgan fingerprint density at radius 3 is 2.55 bits per heavy atom. The second kappa shape index (κ2) is 8.50. The highest BCUT2D eigenvalue weighted by molar-refractivity contribution is 5.82. The Hall–Kier alpha value is -2.01. The van der Waals surface area contributed by atoms with E-state index in [0.717, 1.165) is 32.4 Å². The molecule has 3 saturated heterocycles. The molecule has 5 atom stereocenters. The number of hydrogen-bond donors (Lipinski definition) is 1. The summed E-state index contributed by atoms with van der Waals surface area (Å²) in [6, 6.07) is 9.67. The van der Waals surface area contributed by atoms with Crippen LogP contribution in [0.25, 0.3) is 0 Å². The van der Waals surface area contributed by atoms with Gasteiger partial charge in [-0.05, 0) is 55.7 Å². The number of likely N-dealkylation sites (tertiary alicyclic amines) is 3. The lowest BCUT2D eigenvalue weighted by Crippen LogP contribution is -2.55. The van der Waals surface area contributed by atoms with Gasteiger partial charge in [0.1, 0.15) is 11.9 Å². The van der Waals surface area contributed by atoms with Crippen molar-refractivity contribution in [2.75, 3.05) is 26.2 Å². The molecule has 1 aliphatic carbocycles. The van der Waals surface area contributed by atoms with Crippen molar-refractivity contribution in [3.8, 4) is 6.07 Å². The fraction of sp³-hybridized carbons (Fsp3) is 0.667. The normalized spacial score (nSPS) is 30.9. The molecule has 31 heavy (non-hydrogen) atoms. The van der Waals surface area contributed by atoms with Crippen molar-refractivity contribution < 1.29 is 9.18 Å². The first-order valence-corrected chi connectivity index (χ1v) is 11.8. The SMILES string of the molecule is N#CC1CCCN1C(=O)C(N)CN1C[C@@H]2CC1CN2C(c1ccc(F)cc1)C1CCC1. The average molecular weight is 426 g/mol. The predicted molar refractivity (Wildman–Crippen MR) is 115 cm³/mol. The summed E-state index contributed by atoms with van der Waals surface area (Å²) in [4.78, 5) is 19.5. The summed E-state index contributed by atoms with van der Waals surface area (Å²) in [6.07, 6.45) is 6.52. The second-order valence-corrected chi connectivity index (χ2v) is 9.81. The molecule has 1 amide bonds. The molecule has 4 fully saturated rings. The van der Waals surface area contributed by atoms with Gasteiger partial charge in [-0.25, -0.2) is 4.39 Å². The zero-order valence-electron chi connectivity index (χ0n) is 18.0. The number of benzene rings is 1. The number of piperazine rings is 1. The van der Waals surface area contributed by atoms with E-state index in [1.165, 1.54) is 24.8 Å². The van der Waals surface area contributed by atoms with E-state index in [1.54, 1.807) is 17.0 Å². The largest absolute Gasteiger partial charge is 0.325 e. The monoisotopic (exact) mass is 425 g/mol. The first-order valence-electron chi connectivity index (χ1n) is 11.8. The van der Waals surface area contributed by atoms with Crippen molar-refractivity contribution >= 4 is 5.91 Å². The summed E-state index contributed by atoms with van der Waals surface area (Å²) in [6.45, 7) is 3.12. The van der Waals surface area contributed by atoms with E-state index in [1.807, 2.05) is 12.1 Å². The fourth-order valence-corrected chi connectivity index (χ4v) is 6.20. The van der Waals surface area contributed by atoms with E-state index in [4.69, 9.17) is 5.73 Å². The van der Waals surface area contributed by atoms with E-state index >= 15 is 0 Å². The number of amides is 1. The molecule has 2 N–H and O–H groups in total. The minimum absolute atomic E-state index is 0.0812. The molecule has 3 heterocycles. The molecule has 7 heteroatoms. The molecule has 0 aromatic heterocycles. The van der Waals surface area contributed by atoms with Gasteiger partial charge in [0.2, 0.25) is 5.91 Å². The Morgan fingerprint density at radius 1 is 1.16 bits per heavy atom. The summed E-state index contributed by atoms with van der Waals surface area (Å²) in [7, 11) is 0. The van der Waals surface area contributed by atoms with E-state index in [0.29, 0.717) is 37.1 Å². The zero-order valence-corrected chi connectivity index (χ0v) is 18.0. The molecule has 4 unspecified atom stereocenters. The van der Waals surface area contributed by atoms with Crippen molar-refractivity contribution in [1.29, 1.82) is 5.26 Å². The summed E-state index contributed by atoms with van der Waals surface area (Å²) >= 11 is 0. The number of nitrogens with zero attached hydrogens (tertiary/aromatic N) is 4. The van der Waals surface area contributed by atoms with Gasteiger partial charge < -0.3 is 10.6 Å². The van der Waals surface area contributed by atoms with Crippen molar-refractivity contribution in [2.24, 2.45) is 11.7 Å². The quantitative estimate of drug-likeness (QED) is 0.757. The Balaban J connectivity index is 1.23. The van der Waals surface area contributed by atoms with Crippen LogP contribution in [0.5, 0.6) is 0 Å². The van der Waals surface area contributed by atoms with Crippen LogP contribution in [0.3, 0.4) is 0 Å². The molecule has 1 saturated carbocycles. The van der Waals surface area contributed by atoms with Gasteiger partial charge in [-0.3, -0.25) is 14.6 Å². The Morgan fingerprint density at radius 2 is 1.94 bits per heavy atom. The standard InChI is InChI=1S/C24H32FN5O/c25-18-8-6-17(7-9-18)23(16-3-1-4-16)30-14-20-11-21(30)13-28(20)15-22(27)24(31)29-10-2-5-19(29)12-26/h6-9,16,19-23H,1-5,10-11,13-15,27H2/t19?,20?,21-,22?,23?/m0/s1. The number of rotatable bonds is 6. The molecule has 4 aliphatic rings. The highest BCUT2D eigenvalue weighted by Crippen LogP contribution is 2.46. The van der Waals surface area contributed by atoms with Gasteiger partial charge in [-0.15, -0.1) is 0 Å². The van der Waals surface area contributed by atoms with E-state index in [9.17, 15) is 14.4 Å². The van der Waals surface area contributed by atoms with Crippen LogP contribution in [0.1, 0.15) is 50.1 Å². The smallest absolute Gasteiger partial charge is 0.241 e. The topological polar surface area (TPSA) is 76.6 Å². The van der Waals surface area contributed by atoms with Crippen LogP contribution in [0.2, 0.25) is 0 Å². The molecule has 166 valence electrons. The van der Waals surface area contributed by atoms with Gasteiger partial charge in [0.15, 0.2) is 0 Å². The average Bonchev–Trinajstić information content (AvgIpc) is 3.46. The molecular weight excluding hydrogens is 393 g/mol. The third-order valence-electron chi connectivity index (χ3n) is 7.99. The molecule has 1 aromatic rings. The second-order valence-electron chi connectivity index (χ2n) is 9.81. The minimum Gasteiger partial charge on any atom is -0.325 e. The Labute approximate surface area is 183 Å². The van der Waals surface area contributed by atoms with Gasteiger partial charge in [0.25, 0.3) is 0 Å². The summed E-state index contributed by atoms with van der Waals surface area (Å²) in [5.41, 5.74) is 7.54. The molecule has 1 aromatic carbocycles. The lowest BCUT2D eigenvalue weighted by atomic mass is 9.76. The maximum absolute atomic E-state index is 13.5. The van der Waals surface area contributed by atoms with Gasteiger partial charge in [0, 0.05) is 44.3 Å². The summed E-state index contributed by atoms with van der Waals surface area (Å²) < 4.78 is 13.5. The zero-order chi connectivity index (χ0) is 21.5. The molecule has 2 bridgehead atoms. The molecule has 0 radical (unpaired) electrons. The van der Waals surface area contributed by atoms with Gasteiger partial charge in [0.05, 0.1) is 12.1 Å². The number of nitriles is 1. The number of carbonyl (C=O) groups excluding carboxylic acids is 1. The molecular formula is C24H32FN5O. The van der Waals surface area contributed by atoms with E-state index in [-0.39, 0.29) is 17.8 Å². The fourth-order valence-electron chi connectivity index (χ4n) is 6.20. The Kier molecular flexibility index (Phi) is 5.72. The predicted octanol–water partition coefficient (Wildman–Crippen LogP) is 2.27. The molecule has 5 rings (SSSR count). The van der Waals surface area contributed by atoms with E-state index < -0.39 is 6.04 Å². The maximum atomic E-state index is 13.5. The third kappa shape index (κ3) is 3.86. The third-order valence-corrected chi connectivity index (χ3v) is 7.99. The van der Waals surface area contributed by atoms with Crippen molar-refractivity contribution in [3.63, 3.8) is 0 Å². The lowest BCUT2D eigenvalue weighted by Gasteiger charge is -2.45. The number of carbonyl (C=O) groups is 1. The van der Waals surface area contributed by atoms with Crippen molar-refractivity contribution in [3.05, 3.63) is 35.6 Å². The van der Waals surface area contributed by atoms with Crippen LogP contribution in [-0.2, 0) is 4.79 Å². The first kappa shape index (κ1) is 20.9. The van der Waals surface area contributed by atoms with Crippen LogP contribution in [0.15, 0.2) is 24.3 Å². The minimum atomic E-state index is -0.568. The van der Waals surface area contributed by atoms with Crippen LogP contribution >= 0.6 is 0 Å². The number of hydrogen-bond acceptors (Lipinski definition) is 5. The van der Waals surface area contributed by atoms with Crippen LogP contribution < -0.4 is 5.73 Å². The highest BCUT2D eigenvalue weighted by Gasteiger charge is 2.48. The van der Waals surface area contributed by atoms with Gasteiger partial charge in [-0.2, -0.15) is 5.26 Å². The number of halogens is 1. The van der Waals surface area contributed by atoms with Crippen molar-refractivity contribution in [1.82, 2.24) is 14.7 Å². The van der Waals surface area contributed by atoms with Gasteiger partial charge in [-0.1, -0.05) is 18.6 Å². The van der Waals surface area contributed by atoms with Crippen LogP contribution in [0, 0.1) is 23.1 Å². The maximum Gasteiger partial charge on any atom is 0.241 e. The first-order chi connectivity index (χ1) is 15.0. The summed E-state index contributed by atoms with van der Waals surface area (Å²) in [5.74, 6) is 0.392. The molecule has 3 aliphatic heterocycles. The van der Waals surface area contributed by atoms with Crippen LogP contribution in [-0.4, -0.2) is 71.0 Å². The number of fused-ring (bicyclic) bond motifs is 2. The molecule has 6 nitrogen and oxygen atoms in total.